The molecular formula is C16H29N3O2. The maximum Gasteiger partial charge on any atom is 0.247 e. The summed E-state index contributed by atoms with van der Waals surface area (Å²) in [6.07, 6.45) is 4.56. The number of likely N-dealkylation sites (tertiary alicyclic amines) is 1. The SMILES string of the molecule is CC(C)C(CN(C)C)NC1CC(=O)N(C2CCCC2)C1=O. The molecule has 1 saturated carbocycles. The van der Waals surface area contributed by atoms with Crippen LogP contribution >= 0.6 is 0 Å². The molecule has 2 rings (SSSR count). The summed E-state index contributed by atoms with van der Waals surface area (Å²) in [5.74, 6) is 0.434. The minimum Gasteiger partial charge on any atom is -0.308 e. The van der Waals surface area contributed by atoms with E-state index < -0.39 is 0 Å². The van der Waals surface area contributed by atoms with Gasteiger partial charge in [0.1, 0.15) is 0 Å². The Morgan fingerprint density at radius 2 is 1.86 bits per heavy atom. The first-order chi connectivity index (χ1) is 9.90. The Kier molecular flexibility index (Phi) is 5.38. The molecule has 1 N–H and O–H groups in total. The lowest BCUT2D eigenvalue weighted by molar-refractivity contribution is -0.141. The van der Waals surface area contributed by atoms with Crippen molar-refractivity contribution >= 4 is 11.8 Å². The first-order valence-corrected chi connectivity index (χ1v) is 8.16. The van der Waals surface area contributed by atoms with Gasteiger partial charge in [0.15, 0.2) is 0 Å². The van der Waals surface area contributed by atoms with Crippen LogP contribution in [0, 0.1) is 5.92 Å². The van der Waals surface area contributed by atoms with Gasteiger partial charge in [0, 0.05) is 18.6 Å². The number of amides is 2. The van der Waals surface area contributed by atoms with E-state index in [9.17, 15) is 9.59 Å². The lowest BCUT2D eigenvalue weighted by Crippen LogP contribution is -2.50. The van der Waals surface area contributed by atoms with Gasteiger partial charge in [0.05, 0.1) is 12.5 Å². The van der Waals surface area contributed by atoms with Gasteiger partial charge in [-0.25, -0.2) is 0 Å². The fourth-order valence-electron chi connectivity index (χ4n) is 3.44. The first kappa shape index (κ1) is 16.4. The molecule has 0 aromatic rings. The molecule has 2 fully saturated rings. The predicted octanol–water partition coefficient (Wildman–Crippen LogP) is 1.23. The molecule has 0 bridgehead atoms. The average Bonchev–Trinajstić information content (AvgIpc) is 2.97. The molecule has 0 aromatic carbocycles. The molecule has 5 heteroatoms. The monoisotopic (exact) mass is 295 g/mol. The number of hydrogen-bond donors (Lipinski definition) is 1. The second-order valence-electron chi connectivity index (χ2n) is 7.08. The van der Waals surface area contributed by atoms with E-state index >= 15 is 0 Å². The van der Waals surface area contributed by atoms with Crippen LogP contribution in [0.15, 0.2) is 0 Å². The molecule has 1 saturated heterocycles. The zero-order chi connectivity index (χ0) is 15.6. The standard InChI is InChI=1S/C16H29N3O2/c1-11(2)14(10-18(3)4)17-13-9-15(20)19(16(13)21)12-7-5-6-8-12/h11-14,17H,5-10H2,1-4H3. The highest BCUT2D eigenvalue weighted by atomic mass is 16.2. The Hall–Kier alpha value is -0.940. The lowest BCUT2D eigenvalue weighted by Gasteiger charge is -2.28. The van der Waals surface area contributed by atoms with Gasteiger partial charge in [0.2, 0.25) is 11.8 Å². The highest BCUT2D eigenvalue weighted by Gasteiger charge is 2.43. The molecule has 2 amide bonds. The predicted molar refractivity (Wildman–Crippen MR) is 82.8 cm³/mol. The summed E-state index contributed by atoms with van der Waals surface area (Å²) in [6.45, 7) is 5.17. The van der Waals surface area contributed by atoms with Gasteiger partial charge < -0.3 is 10.2 Å². The van der Waals surface area contributed by atoms with E-state index in [4.69, 9.17) is 0 Å². The number of carbonyl (C=O) groups excluding carboxylic acids is 2. The number of nitrogens with zero attached hydrogens (tertiary/aromatic N) is 2. The molecule has 2 unspecified atom stereocenters. The Labute approximate surface area is 128 Å². The summed E-state index contributed by atoms with van der Waals surface area (Å²) in [5, 5.41) is 3.43. The molecule has 0 radical (unpaired) electrons. The van der Waals surface area contributed by atoms with Crippen LogP contribution < -0.4 is 5.32 Å². The van der Waals surface area contributed by atoms with Crippen LogP contribution in [0.4, 0.5) is 0 Å². The second kappa shape index (κ2) is 6.88. The minimum absolute atomic E-state index is 0.00342. The van der Waals surface area contributed by atoms with Crippen molar-refractivity contribution in [2.75, 3.05) is 20.6 Å². The van der Waals surface area contributed by atoms with Gasteiger partial charge in [-0.3, -0.25) is 14.5 Å². The van der Waals surface area contributed by atoms with E-state index in [-0.39, 0.29) is 29.9 Å². The van der Waals surface area contributed by atoms with Crippen LogP contribution in [0.2, 0.25) is 0 Å². The summed E-state index contributed by atoms with van der Waals surface area (Å²) in [4.78, 5) is 28.5. The molecule has 21 heavy (non-hydrogen) atoms. The zero-order valence-electron chi connectivity index (χ0n) is 13.8. The first-order valence-electron chi connectivity index (χ1n) is 8.16. The van der Waals surface area contributed by atoms with E-state index in [2.05, 4.69) is 24.1 Å². The van der Waals surface area contributed by atoms with Crippen molar-refractivity contribution in [3.05, 3.63) is 0 Å². The highest BCUT2D eigenvalue weighted by Crippen LogP contribution is 2.28. The summed E-state index contributed by atoms with van der Waals surface area (Å²) in [7, 11) is 4.06. The smallest absolute Gasteiger partial charge is 0.247 e. The fourth-order valence-corrected chi connectivity index (χ4v) is 3.44. The normalized spacial score (nSPS) is 25.6. The summed E-state index contributed by atoms with van der Waals surface area (Å²) < 4.78 is 0. The van der Waals surface area contributed by atoms with E-state index in [1.165, 1.54) is 0 Å². The zero-order valence-corrected chi connectivity index (χ0v) is 13.8. The maximum atomic E-state index is 12.6. The third-order valence-corrected chi connectivity index (χ3v) is 4.65. The molecule has 0 spiro atoms. The second-order valence-corrected chi connectivity index (χ2v) is 7.08. The van der Waals surface area contributed by atoms with Gasteiger partial charge in [-0.2, -0.15) is 0 Å². The number of hydrogen-bond acceptors (Lipinski definition) is 4. The molecule has 2 aliphatic rings. The van der Waals surface area contributed by atoms with Crippen LogP contribution in [0.3, 0.4) is 0 Å². The summed E-state index contributed by atoms with van der Waals surface area (Å²) in [6, 6.07) is 0.0545. The van der Waals surface area contributed by atoms with Gasteiger partial charge >= 0.3 is 0 Å². The number of rotatable bonds is 6. The molecule has 1 aliphatic carbocycles. The van der Waals surface area contributed by atoms with Crippen molar-refractivity contribution in [2.24, 2.45) is 5.92 Å². The third kappa shape index (κ3) is 3.83. The van der Waals surface area contributed by atoms with Crippen molar-refractivity contribution in [1.29, 1.82) is 0 Å². The van der Waals surface area contributed by atoms with Gasteiger partial charge in [0.25, 0.3) is 0 Å². The number of imide groups is 1. The Balaban J connectivity index is 2.00. The van der Waals surface area contributed by atoms with Crippen LogP contribution in [0.5, 0.6) is 0 Å². The quantitative estimate of drug-likeness (QED) is 0.749. The van der Waals surface area contributed by atoms with Crippen LogP contribution in [-0.2, 0) is 9.59 Å². The molecule has 1 heterocycles. The van der Waals surface area contributed by atoms with Gasteiger partial charge in [-0.1, -0.05) is 26.7 Å². The van der Waals surface area contributed by atoms with Crippen LogP contribution in [0.1, 0.15) is 46.0 Å². The Morgan fingerprint density at radius 1 is 1.24 bits per heavy atom. The van der Waals surface area contributed by atoms with Crippen LogP contribution in [-0.4, -0.2) is 60.4 Å². The van der Waals surface area contributed by atoms with Crippen molar-refractivity contribution in [3.63, 3.8) is 0 Å². The Morgan fingerprint density at radius 3 is 2.38 bits per heavy atom. The third-order valence-electron chi connectivity index (χ3n) is 4.65. The average molecular weight is 295 g/mol. The Bertz CT molecular complexity index is 389. The number of nitrogens with one attached hydrogen (secondary N) is 1. The molecule has 2 atom stereocenters. The molecular weight excluding hydrogens is 266 g/mol. The summed E-state index contributed by atoms with van der Waals surface area (Å²) >= 11 is 0. The topological polar surface area (TPSA) is 52.7 Å². The van der Waals surface area contributed by atoms with Gasteiger partial charge in [-0.05, 0) is 32.9 Å². The molecule has 0 aromatic heterocycles. The van der Waals surface area contributed by atoms with Gasteiger partial charge in [-0.15, -0.1) is 0 Å². The van der Waals surface area contributed by atoms with Crippen molar-refractivity contribution < 1.29 is 9.59 Å². The van der Waals surface area contributed by atoms with E-state index in [0.29, 0.717) is 12.3 Å². The minimum atomic E-state index is -0.328. The van der Waals surface area contributed by atoms with Crippen molar-refractivity contribution in [2.45, 2.75) is 64.1 Å². The number of likely N-dealkylation sites (N-methyl/N-ethyl adjacent to an activating group) is 1. The largest absolute Gasteiger partial charge is 0.308 e. The lowest BCUT2D eigenvalue weighted by atomic mass is 10.0. The molecule has 120 valence electrons. The van der Waals surface area contributed by atoms with E-state index in [1.807, 2.05) is 14.1 Å². The maximum absolute atomic E-state index is 12.6. The van der Waals surface area contributed by atoms with Crippen LogP contribution in [0.25, 0.3) is 0 Å². The fraction of sp³-hybridized carbons (Fsp3) is 0.875. The molecule has 5 nitrogen and oxygen atoms in total. The number of carbonyl (C=O) groups is 2. The van der Waals surface area contributed by atoms with E-state index in [0.717, 1.165) is 32.2 Å². The summed E-state index contributed by atoms with van der Waals surface area (Å²) in [5.41, 5.74) is 0. The van der Waals surface area contributed by atoms with E-state index in [1.54, 1.807) is 4.90 Å². The highest BCUT2D eigenvalue weighted by molar-refractivity contribution is 6.05. The molecule has 1 aliphatic heterocycles. The van der Waals surface area contributed by atoms with Crippen molar-refractivity contribution in [1.82, 2.24) is 15.1 Å². The van der Waals surface area contributed by atoms with Crippen molar-refractivity contribution in [3.8, 4) is 0 Å².